The summed E-state index contributed by atoms with van der Waals surface area (Å²) in [4.78, 5) is 65.4. The highest BCUT2D eigenvalue weighted by Gasteiger charge is 2.39. The van der Waals surface area contributed by atoms with E-state index in [0.717, 1.165) is 0 Å². The minimum Gasteiger partial charge on any atom is -0.480 e. The van der Waals surface area contributed by atoms with Crippen molar-refractivity contribution in [1.29, 1.82) is 0 Å². The predicted octanol–water partition coefficient (Wildman–Crippen LogP) is -3.69. The molecule has 11 N–H and O–H groups in total. The molecule has 4 unspecified atom stereocenters. The van der Waals surface area contributed by atoms with Gasteiger partial charge in [0.1, 0.15) is 18.1 Å². The summed E-state index contributed by atoms with van der Waals surface area (Å²) in [6.45, 7) is 1.94. The number of amides is 4. The molecule has 4 amide bonds. The second kappa shape index (κ2) is 12.4. The topological polar surface area (TPSA) is 249 Å². The smallest absolute Gasteiger partial charge is 0.326 e. The first-order chi connectivity index (χ1) is 14.9. The molecule has 0 saturated carbocycles. The lowest BCUT2D eigenvalue weighted by Gasteiger charge is -2.29. The number of rotatable bonds is 12. The van der Waals surface area contributed by atoms with Crippen molar-refractivity contribution in [1.82, 2.24) is 15.5 Å². The first-order valence-electron chi connectivity index (χ1n) is 10.2. The molecule has 1 saturated heterocycles. The molecule has 14 heteroatoms. The zero-order valence-electron chi connectivity index (χ0n) is 18.0. The van der Waals surface area contributed by atoms with Crippen LogP contribution in [-0.4, -0.2) is 82.8 Å². The number of aliphatic carboxylic acids is 1. The van der Waals surface area contributed by atoms with Crippen molar-refractivity contribution in [2.45, 2.75) is 63.2 Å². The van der Waals surface area contributed by atoms with Gasteiger partial charge < -0.3 is 43.6 Å². The minimum absolute atomic E-state index is 0.104. The second-order valence-electron chi connectivity index (χ2n) is 7.56. The Kier molecular flexibility index (Phi) is 10.3. The van der Waals surface area contributed by atoms with E-state index in [1.165, 1.54) is 11.8 Å². The predicted molar refractivity (Wildman–Crippen MR) is 114 cm³/mol. The summed E-state index contributed by atoms with van der Waals surface area (Å²) in [5.41, 5.74) is 21.2. The largest absolute Gasteiger partial charge is 0.480 e. The summed E-state index contributed by atoms with van der Waals surface area (Å²) in [7, 11) is 0. The Labute approximate surface area is 185 Å². The number of nitrogens with zero attached hydrogens (tertiary/aromatic N) is 2. The highest BCUT2D eigenvalue weighted by atomic mass is 16.4. The lowest BCUT2D eigenvalue weighted by atomic mass is 10.1. The van der Waals surface area contributed by atoms with Crippen LogP contribution < -0.4 is 33.6 Å². The number of nitrogens with two attached hydrogens (primary N) is 4. The van der Waals surface area contributed by atoms with E-state index >= 15 is 0 Å². The maximum Gasteiger partial charge on any atom is 0.326 e. The zero-order valence-corrected chi connectivity index (χ0v) is 18.0. The SMILES string of the molecule is CC(N)C(=O)NC(CCCN=C(N)N)C(=O)N1CCCC1C(=O)NC(CC(N)=O)C(=O)O. The molecule has 0 bridgehead atoms. The fourth-order valence-corrected chi connectivity index (χ4v) is 3.24. The number of aliphatic imine (C=N–C) groups is 1. The molecule has 1 rings (SSSR count). The van der Waals surface area contributed by atoms with Gasteiger partial charge in [-0.3, -0.25) is 24.2 Å². The van der Waals surface area contributed by atoms with Gasteiger partial charge >= 0.3 is 5.97 Å². The van der Waals surface area contributed by atoms with E-state index in [2.05, 4.69) is 15.6 Å². The van der Waals surface area contributed by atoms with Gasteiger partial charge in [0.25, 0.3) is 0 Å². The van der Waals surface area contributed by atoms with Crippen LogP contribution in [0.15, 0.2) is 4.99 Å². The Morgan fingerprint density at radius 3 is 2.31 bits per heavy atom. The molecule has 1 aliphatic rings. The quantitative estimate of drug-likeness (QED) is 0.0865. The van der Waals surface area contributed by atoms with Crippen LogP contribution in [0.4, 0.5) is 0 Å². The van der Waals surface area contributed by atoms with E-state index in [1.807, 2.05) is 0 Å². The number of nitrogens with one attached hydrogen (secondary N) is 2. The molecule has 1 fully saturated rings. The van der Waals surface area contributed by atoms with Gasteiger partial charge in [0.15, 0.2) is 5.96 Å². The lowest BCUT2D eigenvalue weighted by Crippen LogP contribution is -2.56. The molecule has 0 aromatic rings. The summed E-state index contributed by atoms with van der Waals surface area (Å²) >= 11 is 0. The molecule has 14 nitrogen and oxygen atoms in total. The Balaban J connectivity index is 2.94. The third kappa shape index (κ3) is 8.37. The highest BCUT2D eigenvalue weighted by Crippen LogP contribution is 2.20. The molecule has 180 valence electrons. The van der Waals surface area contributed by atoms with Gasteiger partial charge in [-0.05, 0) is 32.6 Å². The van der Waals surface area contributed by atoms with Gasteiger partial charge in [-0.25, -0.2) is 4.79 Å². The number of guanidine groups is 1. The van der Waals surface area contributed by atoms with E-state index in [4.69, 9.17) is 22.9 Å². The van der Waals surface area contributed by atoms with E-state index in [0.29, 0.717) is 19.3 Å². The van der Waals surface area contributed by atoms with Crippen molar-refractivity contribution < 1.29 is 29.1 Å². The molecule has 0 spiro atoms. The van der Waals surface area contributed by atoms with Crippen LogP contribution >= 0.6 is 0 Å². The molecular formula is C18H32N8O6. The number of primary amides is 1. The monoisotopic (exact) mass is 456 g/mol. The third-order valence-electron chi connectivity index (χ3n) is 4.83. The Hall–Kier alpha value is -3.42. The number of carboxylic acid groups (broad SMARTS) is 1. The highest BCUT2D eigenvalue weighted by molar-refractivity contribution is 5.95. The van der Waals surface area contributed by atoms with Crippen LogP contribution in [0.25, 0.3) is 0 Å². The maximum atomic E-state index is 13.2. The molecule has 0 aliphatic carbocycles. The summed E-state index contributed by atoms with van der Waals surface area (Å²) in [6, 6.07) is -4.29. The number of likely N-dealkylation sites (tertiary alicyclic amines) is 1. The lowest BCUT2D eigenvalue weighted by molar-refractivity contribution is -0.145. The van der Waals surface area contributed by atoms with E-state index in [1.54, 1.807) is 0 Å². The standard InChI is InChI=1S/C18H32N8O6/c1-9(19)14(28)24-10(4-2-6-23-18(21)22)16(30)26-7-3-5-12(26)15(29)25-11(17(31)32)8-13(20)27/h9-12H,2-8,19H2,1H3,(H2,20,27)(H,24,28)(H,25,29)(H,31,32)(H4,21,22,23). The molecule has 0 aromatic heterocycles. The van der Waals surface area contributed by atoms with Gasteiger partial charge in [0, 0.05) is 13.1 Å². The van der Waals surface area contributed by atoms with Crippen molar-refractivity contribution in [2.75, 3.05) is 13.1 Å². The molecule has 4 atom stereocenters. The average Bonchev–Trinajstić information content (AvgIpc) is 3.18. The van der Waals surface area contributed by atoms with E-state index in [-0.39, 0.29) is 25.5 Å². The van der Waals surface area contributed by atoms with Gasteiger partial charge in [0.05, 0.1) is 12.5 Å². The molecular weight excluding hydrogens is 424 g/mol. The summed E-state index contributed by atoms with van der Waals surface area (Å²) in [5, 5.41) is 14.0. The normalized spacial score (nSPS) is 18.2. The van der Waals surface area contributed by atoms with Crippen molar-refractivity contribution in [2.24, 2.45) is 27.9 Å². The molecule has 1 heterocycles. The van der Waals surface area contributed by atoms with E-state index < -0.39 is 60.2 Å². The fourth-order valence-electron chi connectivity index (χ4n) is 3.24. The number of carbonyl (C=O) groups excluding carboxylic acids is 4. The van der Waals surface area contributed by atoms with Crippen molar-refractivity contribution in [3.05, 3.63) is 0 Å². The first-order valence-corrected chi connectivity index (χ1v) is 10.2. The number of hydrogen-bond donors (Lipinski definition) is 7. The van der Waals surface area contributed by atoms with Gasteiger partial charge in [-0.2, -0.15) is 0 Å². The van der Waals surface area contributed by atoms with Crippen LogP contribution in [0.1, 0.15) is 39.0 Å². The van der Waals surface area contributed by atoms with Crippen molar-refractivity contribution in [3.8, 4) is 0 Å². The number of carboxylic acids is 1. The Morgan fingerprint density at radius 2 is 1.78 bits per heavy atom. The van der Waals surface area contributed by atoms with Gasteiger partial charge in [0.2, 0.25) is 23.6 Å². The van der Waals surface area contributed by atoms with Crippen LogP contribution in [0.3, 0.4) is 0 Å². The van der Waals surface area contributed by atoms with Gasteiger partial charge in [-0.15, -0.1) is 0 Å². The zero-order chi connectivity index (χ0) is 24.4. The summed E-state index contributed by atoms with van der Waals surface area (Å²) in [6.07, 6.45) is 0.775. The van der Waals surface area contributed by atoms with Crippen LogP contribution in [0.2, 0.25) is 0 Å². The summed E-state index contributed by atoms with van der Waals surface area (Å²) in [5.74, 6) is -4.19. The minimum atomic E-state index is -1.51. The van der Waals surface area contributed by atoms with Crippen molar-refractivity contribution >= 4 is 35.6 Å². The molecule has 0 radical (unpaired) electrons. The molecule has 0 aromatic carbocycles. The van der Waals surface area contributed by atoms with Crippen LogP contribution in [-0.2, 0) is 24.0 Å². The van der Waals surface area contributed by atoms with Gasteiger partial charge in [-0.1, -0.05) is 0 Å². The number of hydrogen-bond acceptors (Lipinski definition) is 7. The van der Waals surface area contributed by atoms with Crippen LogP contribution in [0.5, 0.6) is 0 Å². The third-order valence-corrected chi connectivity index (χ3v) is 4.83. The number of carbonyl (C=O) groups is 5. The fraction of sp³-hybridized carbons (Fsp3) is 0.667. The Morgan fingerprint density at radius 1 is 1.12 bits per heavy atom. The molecule has 32 heavy (non-hydrogen) atoms. The first kappa shape index (κ1) is 26.6. The maximum absolute atomic E-state index is 13.2. The average molecular weight is 457 g/mol. The second-order valence-corrected chi connectivity index (χ2v) is 7.56. The summed E-state index contributed by atoms with van der Waals surface area (Å²) < 4.78 is 0. The Bertz CT molecular complexity index is 752. The van der Waals surface area contributed by atoms with Crippen molar-refractivity contribution in [3.63, 3.8) is 0 Å². The molecule has 1 aliphatic heterocycles. The van der Waals surface area contributed by atoms with Crippen LogP contribution in [0, 0.1) is 0 Å². The van der Waals surface area contributed by atoms with E-state index in [9.17, 15) is 29.1 Å².